The molecule has 0 radical (unpaired) electrons. The zero-order valence-electron chi connectivity index (χ0n) is 10.8. The lowest BCUT2D eigenvalue weighted by atomic mass is 10.1. The number of nitrogens with zero attached hydrogens (tertiary/aromatic N) is 1. The first-order valence-electron chi connectivity index (χ1n) is 6.56. The van der Waals surface area contributed by atoms with Crippen LogP contribution < -0.4 is 10.6 Å². The van der Waals surface area contributed by atoms with Gasteiger partial charge in [-0.2, -0.15) is 0 Å². The summed E-state index contributed by atoms with van der Waals surface area (Å²) < 4.78 is 5.76. The maximum Gasteiger partial charge on any atom is 0.269 e. The highest BCUT2D eigenvalue weighted by molar-refractivity contribution is 5.48. The van der Waals surface area contributed by atoms with Crippen LogP contribution in [0.25, 0.3) is 0 Å². The molecule has 0 atom stereocenters. The van der Waals surface area contributed by atoms with E-state index in [4.69, 9.17) is 4.74 Å². The maximum absolute atomic E-state index is 10.5. The van der Waals surface area contributed by atoms with Crippen LogP contribution in [0.2, 0.25) is 0 Å². The summed E-state index contributed by atoms with van der Waals surface area (Å²) >= 11 is 0. The van der Waals surface area contributed by atoms with Gasteiger partial charge in [-0.15, -0.1) is 0 Å². The Morgan fingerprint density at radius 3 is 2.63 bits per heavy atom. The Hall–Kier alpha value is -1.66. The van der Waals surface area contributed by atoms with Crippen molar-refractivity contribution in [2.45, 2.75) is 18.9 Å². The van der Waals surface area contributed by atoms with Gasteiger partial charge in [0.1, 0.15) is 0 Å². The highest BCUT2D eigenvalue weighted by atomic mass is 16.6. The number of non-ortho nitro benzene ring substituents is 1. The van der Waals surface area contributed by atoms with Crippen molar-refractivity contribution in [3.05, 3.63) is 34.4 Å². The minimum Gasteiger partial charge on any atom is -0.383 e. The molecular formula is C13H19N3O3. The monoisotopic (exact) mass is 265 g/mol. The van der Waals surface area contributed by atoms with Gasteiger partial charge in [-0.05, 0) is 38.1 Å². The Bertz CT molecular complexity index is 402. The molecule has 0 spiro atoms. The van der Waals surface area contributed by atoms with Crippen LogP contribution in [0.4, 0.5) is 11.4 Å². The topological polar surface area (TPSA) is 76.4 Å². The third-order valence-electron chi connectivity index (χ3n) is 3.15. The quantitative estimate of drug-likeness (QED) is 0.466. The van der Waals surface area contributed by atoms with E-state index >= 15 is 0 Å². The van der Waals surface area contributed by atoms with Gasteiger partial charge in [0.15, 0.2) is 0 Å². The molecule has 1 aliphatic rings. The number of ether oxygens (including phenoxy) is 1. The summed E-state index contributed by atoms with van der Waals surface area (Å²) in [6, 6.07) is 6.41. The van der Waals surface area contributed by atoms with Crippen LogP contribution in [-0.4, -0.2) is 37.3 Å². The SMILES string of the molecule is O=[N+]([O-])c1ccc(NCCOC2CCNCC2)cc1. The Morgan fingerprint density at radius 1 is 1.32 bits per heavy atom. The fraction of sp³-hybridized carbons (Fsp3) is 0.538. The molecule has 0 aromatic heterocycles. The van der Waals surface area contributed by atoms with Crippen molar-refractivity contribution >= 4 is 11.4 Å². The third-order valence-corrected chi connectivity index (χ3v) is 3.15. The number of hydrogen-bond donors (Lipinski definition) is 2. The van der Waals surface area contributed by atoms with Crippen molar-refractivity contribution in [3.63, 3.8) is 0 Å². The van der Waals surface area contributed by atoms with Crippen molar-refractivity contribution in [2.24, 2.45) is 0 Å². The zero-order valence-corrected chi connectivity index (χ0v) is 10.8. The molecule has 6 nitrogen and oxygen atoms in total. The summed E-state index contributed by atoms with van der Waals surface area (Å²) in [4.78, 5) is 10.1. The smallest absolute Gasteiger partial charge is 0.269 e. The third kappa shape index (κ3) is 4.50. The van der Waals surface area contributed by atoms with Gasteiger partial charge in [-0.1, -0.05) is 0 Å². The van der Waals surface area contributed by atoms with Crippen molar-refractivity contribution in [1.29, 1.82) is 0 Å². The van der Waals surface area contributed by atoms with E-state index in [9.17, 15) is 10.1 Å². The Balaban J connectivity index is 1.66. The van der Waals surface area contributed by atoms with Gasteiger partial charge >= 0.3 is 0 Å². The highest BCUT2D eigenvalue weighted by Gasteiger charge is 2.12. The first-order valence-corrected chi connectivity index (χ1v) is 6.56. The van der Waals surface area contributed by atoms with E-state index in [-0.39, 0.29) is 5.69 Å². The lowest BCUT2D eigenvalue weighted by Crippen LogP contribution is -2.33. The average Bonchev–Trinajstić information content (AvgIpc) is 2.45. The lowest BCUT2D eigenvalue weighted by Gasteiger charge is -2.23. The predicted molar refractivity (Wildman–Crippen MR) is 73.4 cm³/mol. The van der Waals surface area contributed by atoms with Gasteiger partial charge in [0.25, 0.3) is 5.69 Å². The number of benzene rings is 1. The Morgan fingerprint density at radius 2 is 2.00 bits per heavy atom. The second-order valence-electron chi connectivity index (χ2n) is 4.55. The Kier molecular flexibility index (Phi) is 5.11. The first-order chi connectivity index (χ1) is 9.25. The molecule has 0 bridgehead atoms. The molecule has 0 aliphatic carbocycles. The summed E-state index contributed by atoms with van der Waals surface area (Å²) in [6.45, 7) is 3.42. The molecule has 6 heteroatoms. The molecule has 1 heterocycles. The van der Waals surface area contributed by atoms with E-state index in [2.05, 4.69) is 10.6 Å². The van der Waals surface area contributed by atoms with E-state index < -0.39 is 4.92 Å². The molecular weight excluding hydrogens is 246 g/mol. The zero-order chi connectivity index (χ0) is 13.5. The number of hydrogen-bond acceptors (Lipinski definition) is 5. The van der Waals surface area contributed by atoms with E-state index in [1.54, 1.807) is 12.1 Å². The molecule has 0 saturated carbocycles. The molecule has 0 amide bonds. The van der Waals surface area contributed by atoms with Crippen LogP contribution in [-0.2, 0) is 4.74 Å². The second-order valence-corrected chi connectivity index (χ2v) is 4.55. The molecule has 1 saturated heterocycles. The number of rotatable bonds is 6. The minimum absolute atomic E-state index is 0.108. The number of anilines is 1. The largest absolute Gasteiger partial charge is 0.383 e. The summed E-state index contributed by atoms with van der Waals surface area (Å²) in [5, 5.41) is 17.0. The van der Waals surface area contributed by atoms with E-state index in [0.717, 1.165) is 31.6 Å². The van der Waals surface area contributed by atoms with Crippen LogP contribution in [0.5, 0.6) is 0 Å². The fourth-order valence-corrected chi connectivity index (χ4v) is 2.08. The Labute approximate surface area is 112 Å². The molecule has 1 fully saturated rings. The molecule has 1 aromatic carbocycles. The van der Waals surface area contributed by atoms with Crippen molar-refractivity contribution in [1.82, 2.24) is 5.32 Å². The first kappa shape index (κ1) is 13.8. The summed E-state index contributed by atoms with van der Waals surface area (Å²) in [7, 11) is 0. The molecule has 19 heavy (non-hydrogen) atoms. The van der Waals surface area contributed by atoms with Gasteiger partial charge in [-0.25, -0.2) is 0 Å². The van der Waals surface area contributed by atoms with Crippen LogP contribution >= 0.6 is 0 Å². The maximum atomic E-state index is 10.5. The normalized spacial score (nSPS) is 16.2. The van der Waals surface area contributed by atoms with E-state index in [1.807, 2.05) is 0 Å². The van der Waals surface area contributed by atoms with Crippen molar-refractivity contribution in [2.75, 3.05) is 31.6 Å². The van der Waals surface area contributed by atoms with Gasteiger partial charge in [0, 0.05) is 24.4 Å². The molecule has 1 aromatic rings. The van der Waals surface area contributed by atoms with Crippen molar-refractivity contribution < 1.29 is 9.66 Å². The molecule has 0 unspecified atom stereocenters. The standard InChI is InChI=1S/C13H19N3O3/c17-16(18)12-3-1-11(2-4-12)15-9-10-19-13-5-7-14-8-6-13/h1-4,13-15H,5-10H2. The molecule has 104 valence electrons. The van der Waals surface area contributed by atoms with Crippen LogP contribution in [0.1, 0.15) is 12.8 Å². The predicted octanol–water partition coefficient (Wildman–Crippen LogP) is 1.78. The van der Waals surface area contributed by atoms with E-state index in [1.165, 1.54) is 12.1 Å². The summed E-state index contributed by atoms with van der Waals surface area (Å²) in [6.07, 6.45) is 2.50. The fourth-order valence-electron chi connectivity index (χ4n) is 2.08. The highest BCUT2D eigenvalue weighted by Crippen LogP contribution is 2.15. The number of nitro groups is 1. The number of nitrogens with one attached hydrogen (secondary N) is 2. The summed E-state index contributed by atoms with van der Waals surface area (Å²) in [5.41, 5.74) is 0.982. The van der Waals surface area contributed by atoms with Crippen LogP contribution in [0.15, 0.2) is 24.3 Å². The summed E-state index contributed by atoms with van der Waals surface area (Å²) in [5.74, 6) is 0. The number of piperidine rings is 1. The minimum atomic E-state index is -0.399. The number of nitro benzene ring substituents is 1. The average molecular weight is 265 g/mol. The van der Waals surface area contributed by atoms with Gasteiger partial charge in [0.05, 0.1) is 17.6 Å². The molecule has 2 N–H and O–H groups in total. The molecule has 1 aliphatic heterocycles. The second kappa shape index (κ2) is 7.06. The van der Waals surface area contributed by atoms with E-state index in [0.29, 0.717) is 19.3 Å². The van der Waals surface area contributed by atoms with Gasteiger partial charge in [-0.3, -0.25) is 10.1 Å². The lowest BCUT2D eigenvalue weighted by molar-refractivity contribution is -0.384. The van der Waals surface area contributed by atoms with Crippen LogP contribution in [0, 0.1) is 10.1 Å². The van der Waals surface area contributed by atoms with Gasteiger partial charge in [0.2, 0.25) is 0 Å². The van der Waals surface area contributed by atoms with Crippen LogP contribution in [0.3, 0.4) is 0 Å². The van der Waals surface area contributed by atoms with Gasteiger partial charge < -0.3 is 15.4 Å². The van der Waals surface area contributed by atoms with Crippen molar-refractivity contribution in [3.8, 4) is 0 Å². The molecule has 2 rings (SSSR count).